The predicted octanol–water partition coefficient (Wildman–Crippen LogP) is 6.72. The Balaban J connectivity index is 1.09. The molecule has 0 unspecified atom stereocenters. The van der Waals surface area contributed by atoms with Gasteiger partial charge in [0.05, 0.1) is 17.3 Å². The normalized spacial score (nSPS) is 15.1. The molecule has 6 rings (SSSR count). The van der Waals surface area contributed by atoms with Gasteiger partial charge in [-0.05, 0) is 113 Å². The van der Waals surface area contributed by atoms with Gasteiger partial charge in [-0.3, -0.25) is 9.97 Å². The molecule has 0 radical (unpaired) electrons. The van der Waals surface area contributed by atoms with E-state index in [1.165, 1.54) is 87.7 Å². The van der Waals surface area contributed by atoms with Crippen LogP contribution in [0.5, 0.6) is 0 Å². The van der Waals surface area contributed by atoms with Crippen LogP contribution in [0, 0.1) is 13.8 Å². The smallest absolute Gasteiger partial charge is 0.211 e. The molecule has 8 heteroatoms. The highest BCUT2D eigenvalue weighted by atomic mass is 32.2. The van der Waals surface area contributed by atoms with Crippen LogP contribution in [0.1, 0.15) is 72.2 Å². The molecule has 43 heavy (non-hydrogen) atoms. The molecule has 0 aliphatic heterocycles. The van der Waals surface area contributed by atoms with E-state index in [-0.39, 0.29) is 0 Å². The molecule has 2 heterocycles. The van der Waals surface area contributed by atoms with Crippen LogP contribution in [-0.4, -0.2) is 55.1 Å². The minimum absolute atomic E-state index is 0.503. The highest BCUT2D eigenvalue weighted by Gasteiger charge is 2.21. The molecule has 228 valence electrons. The van der Waals surface area contributed by atoms with Crippen molar-refractivity contribution in [1.82, 2.24) is 14.3 Å². The third kappa shape index (κ3) is 6.65. The number of hydrogen-bond acceptors (Lipinski definition) is 6. The summed E-state index contributed by atoms with van der Waals surface area (Å²) in [4.78, 5) is 9.96. The molecule has 0 spiro atoms. The standard InChI is InChI=1S/C35H45N5O2S/c1-24-14-16-32-28(22-24)34(26-10-4-6-12-30(26)38-32)36-18-8-20-40(43(3,41)42)21-9-19-37-35-27-11-5-7-13-31(27)39-33-17-15-25(2)23-29(33)35/h14-17,22-23H,4-13,18-21H2,1-3H3,(H,36,38)(H,37,39). The monoisotopic (exact) mass is 599 g/mol. The lowest BCUT2D eigenvalue weighted by molar-refractivity contribution is 0.409. The lowest BCUT2D eigenvalue weighted by atomic mass is 9.92. The van der Waals surface area contributed by atoms with E-state index >= 15 is 0 Å². The third-order valence-electron chi connectivity index (χ3n) is 9.08. The fourth-order valence-corrected chi connectivity index (χ4v) is 7.78. The zero-order chi connectivity index (χ0) is 30.0. The van der Waals surface area contributed by atoms with Crippen molar-refractivity contribution in [1.29, 1.82) is 0 Å². The summed E-state index contributed by atoms with van der Waals surface area (Å²) in [5.41, 5.74) is 12.0. The summed E-state index contributed by atoms with van der Waals surface area (Å²) in [5, 5.41) is 9.77. The van der Waals surface area contributed by atoms with E-state index in [0.29, 0.717) is 13.1 Å². The van der Waals surface area contributed by atoms with Crippen molar-refractivity contribution in [3.8, 4) is 0 Å². The van der Waals surface area contributed by atoms with Crippen molar-refractivity contribution in [2.24, 2.45) is 0 Å². The molecule has 2 N–H and O–H groups in total. The van der Waals surface area contributed by atoms with Gasteiger partial charge in [-0.2, -0.15) is 0 Å². The highest BCUT2D eigenvalue weighted by Crippen LogP contribution is 2.35. The molecule has 2 aliphatic rings. The van der Waals surface area contributed by atoms with Gasteiger partial charge in [0.15, 0.2) is 0 Å². The second-order valence-corrected chi connectivity index (χ2v) is 14.5. The van der Waals surface area contributed by atoms with Crippen LogP contribution in [0.15, 0.2) is 36.4 Å². The Kier molecular flexibility index (Phi) is 8.87. The summed E-state index contributed by atoms with van der Waals surface area (Å²) in [6, 6.07) is 12.9. The van der Waals surface area contributed by atoms with E-state index in [9.17, 15) is 8.42 Å². The van der Waals surface area contributed by atoms with Crippen LogP contribution in [-0.2, 0) is 35.7 Å². The Morgan fingerprint density at radius 1 is 0.698 bits per heavy atom. The lowest BCUT2D eigenvalue weighted by Gasteiger charge is -2.24. The van der Waals surface area contributed by atoms with Gasteiger partial charge in [0.2, 0.25) is 10.0 Å². The second-order valence-electron chi connectivity index (χ2n) is 12.5. The van der Waals surface area contributed by atoms with Gasteiger partial charge in [0, 0.05) is 59.7 Å². The molecule has 4 aromatic rings. The molecule has 2 aromatic carbocycles. The first-order valence-corrected chi connectivity index (χ1v) is 17.9. The van der Waals surface area contributed by atoms with Crippen molar-refractivity contribution >= 4 is 43.2 Å². The molecule has 0 saturated carbocycles. The van der Waals surface area contributed by atoms with E-state index in [1.54, 1.807) is 4.31 Å². The number of nitrogens with zero attached hydrogens (tertiary/aromatic N) is 3. The first-order valence-electron chi connectivity index (χ1n) is 16.0. The van der Waals surface area contributed by atoms with Crippen molar-refractivity contribution in [2.75, 3.05) is 43.1 Å². The van der Waals surface area contributed by atoms with Gasteiger partial charge < -0.3 is 10.6 Å². The van der Waals surface area contributed by atoms with Crippen LogP contribution in [0.25, 0.3) is 21.8 Å². The zero-order valence-corrected chi connectivity index (χ0v) is 26.7. The van der Waals surface area contributed by atoms with Crippen molar-refractivity contribution in [2.45, 2.75) is 78.1 Å². The number of benzene rings is 2. The van der Waals surface area contributed by atoms with Gasteiger partial charge in [0.1, 0.15) is 0 Å². The number of hydrogen-bond donors (Lipinski definition) is 2. The maximum absolute atomic E-state index is 12.7. The summed E-state index contributed by atoms with van der Waals surface area (Å²) in [5.74, 6) is 0. The Morgan fingerprint density at radius 3 is 1.58 bits per heavy atom. The second kappa shape index (κ2) is 12.8. The van der Waals surface area contributed by atoms with Gasteiger partial charge in [-0.15, -0.1) is 0 Å². The van der Waals surface area contributed by atoms with Crippen molar-refractivity contribution in [3.63, 3.8) is 0 Å². The third-order valence-corrected chi connectivity index (χ3v) is 10.4. The number of anilines is 2. The van der Waals surface area contributed by atoms with Crippen LogP contribution < -0.4 is 10.6 Å². The lowest BCUT2D eigenvalue weighted by Crippen LogP contribution is -2.33. The average molecular weight is 600 g/mol. The minimum Gasteiger partial charge on any atom is -0.384 e. The summed E-state index contributed by atoms with van der Waals surface area (Å²) in [6.07, 6.45) is 11.7. The van der Waals surface area contributed by atoms with Gasteiger partial charge in [-0.25, -0.2) is 12.7 Å². The molecule has 7 nitrogen and oxygen atoms in total. The maximum atomic E-state index is 12.7. The zero-order valence-electron chi connectivity index (χ0n) is 25.9. The predicted molar refractivity (Wildman–Crippen MR) is 179 cm³/mol. The summed E-state index contributed by atoms with van der Waals surface area (Å²) in [6.45, 7) is 6.69. The van der Waals surface area contributed by atoms with Crippen LogP contribution in [0.2, 0.25) is 0 Å². The van der Waals surface area contributed by atoms with Gasteiger partial charge >= 0.3 is 0 Å². The van der Waals surface area contributed by atoms with Gasteiger partial charge in [-0.1, -0.05) is 23.3 Å². The number of rotatable bonds is 11. The summed E-state index contributed by atoms with van der Waals surface area (Å²) >= 11 is 0. The van der Waals surface area contributed by atoms with Crippen molar-refractivity contribution in [3.05, 3.63) is 70.0 Å². The molecule has 2 aromatic heterocycles. The topological polar surface area (TPSA) is 87.2 Å². The van der Waals surface area contributed by atoms with Crippen LogP contribution >= 0.6 is 0 Å². The number of fused-ring (bicyclic) bond motifs is 4. The van der Waals surface area contributed by atoms with Crippen LogP contribution in [0.3, 0.4) is 0 Å². The highest BCUT2D eigenvalue weighted by molar-refractivity contribution is 7.88. The van der Waals surface area contributed by atoms with E-state index in [4.69, 9.17) is 9.97 Å². The number of sulfonamides is 1. The SMILES string of the molecule is Cc1ccc2nc3c(c(NCCCN(CCCNc4c5c(nc6ccc(C)cc46)CCCC5)S(C)(=O)=O)c2c1)CCCC3. The Hall–Kier alpha value is -3.23. The average Bonchev–Trinajstić information content (AvgIpc) is 2.99. The molecule has 0 bridgehead atoms. The van der Waals surface area contributed by atoms with Crippen molar-refractivity contribution < 1.29 is 8.42 Å². The molecule has 0 fully saturated rings. The number of aryl methyl sites for hydroxylation is 4. The molecular formula is C35H45N5O2S. The number of nitrogens with one attached hydrogen (secondary N) is 2. The maximum Gasteiger partial charge on any atom is 0.211 e. The van der Waals surface area contributed by atoms with E-state index < -0.39 is 10.0 Å². The largest absolute Gasteiger partial charge is 0.384 e. The first-order chi connectivity index (χ1) is 20.8. The molecule has 2 aliphatic carbocycles. The summed E-state index contributed by atoms with van der Waals surface area (Å²) < 4.78 is 27.1. The number of aromatic nitrogens is 2. The summed E-state index contributed by atoms with van der Waals surface area (Å²) in [7, 11) is -3.31. The Bertz CT molecular complexity index is 1640. The van der Waals surface area contributed by atoms with E-state index in [2.05, 4.69) is 60.9 Å². The molecule has 0 saturated heterocycles. The van der Waals surface area contributed by atoms with Crippen LogP contribution in [0.4, 0.5) is 11.4 Å². The fourth-order valence-electron chi connectivity index (χ4n) is 6.86. The van der Waals surface area contributed by atoms with E-state index in [0.717, 1.165) is 62.6 Å². The first kappa shape index (κ1) is 29.8. The minimum atomic E-state index is -3.31. The fraction of sp³-hybridized carbons (Fsp3) is 0.486. The Morgan fingerprint density at radius 2 is 1.14 bits per heavy atom. The van der Waals surface area contributed by atoms with E-state index in [1.807, 2.05) is 0 Å². The van der Waals surface area contributed by atoms with Gasteiger partial charge in [0.25, 0.3) is 0 Å². The Labute approximate surface area is 256 Å². The molecule has 0 amide bonds. The molecule has 0 atom stereocenters. The number of pyridine rings is 2. The quantitative estimate of drug-likeness (QED) is 0.186. The molecular weight excluding hydrogens is 554 g/mol.